The van der Waals surface area contributed by atoms with Crippen LogP contribution in [0.4, 0.5) is 14.7 Å². The molecule has 9 heteroatoms. The van der Waals surface area contributed by atoms with Gasteiger partial charge >= 0.3 is 6.29 Å². The molecule has 0 bridgehead atoms. The fourth-order valence-corrected chi connectivity index (χ4v) is 4.19. The number of nitrogens with zero attached hydrogens (tertiary/aromatic N) is 2. The number of ether oxygens (including phenoxy) is 4. The molecule has 1 aliphatic carbocycles. The van der Waals surface area contributed by atoms with E-state index >= 15 is 0 Å². The number of hydrogen-bond acceptors (Lipinski definition) is 7. The van der Waals surface area contributed by atoms with Crippen LogP contribution in [0.3, 0.4) is 0 Å². The van der Waals surface area contributed by atoms with Gasteiger partial charge in [-0.15, -0.1) is 8.78 Å². The van der Waals surface area contributed by atoms with Gasteiger partial charge in [-0.2, -0.15) is 4.98 Å². The molecule has 1 aromatic heterocycles. The van der Waals surface area contributed by atoms with Crippen molar-refractivity contribution in [1.82, 2.24) is 9.97 Å². The molecule has 166 valence electrons. The minimum Gasteiger partial charge on any atom is -0.471 e. The molecule has 1 N–H and O–H groups in total. The lowest BCUT2D eigenvalue weighted by atomic mass is 9.87. The summed E-state index contributed by atoms with van der Waals surface area (Å²) in [6.45, 7) is 3.40. The highest BCUT2D eigenvalue weighted by Gasteiger charge is 2.43. The van der Waals surface area contributed by atoms with E-state index in [1.807, 2.05) is 0 Å². The van der Waals surface area contributed by atoms with Crippen LogP contribution in [0.2, 0.25) is 0 Å². The molecule has 0 unspecified atom stereocenters. The highest BCUT2D eigenvalue weighted by atomic mass is 19.3. The fraction of sp³-hybridized carbons (Fsp3) is 0.545. The van der Waals surface area contributed by atoms with Gasteiger partial charge in [0.05, 0.1) is 18.8 Å². The summed E-state index contributed by atoms with van der Waals surface area (Å²) in [4.78, 5) is 9.10. The van der Waals surface area contributed by atoms with E-state index in [9.17, 15) is 8.78 Å². The van der Waals surface area contributed by atoms with Gasteiger partial charge in [0.25, 0.3) is 0 Å². The quantitative estimate of drug-likeness (QED) is 0.737. The molecule has 0 amide bonds. The van der Waals surface area contributed by atoms with Crippen LogP contribution >= 0.6 is 0 Å². The highest BCUT2D eigenvalue weighted by molar-refractivity contribution is 5.71. The number of rotatable bonds is 5. The molecule has 1 atom stereocenters. The summed E-state index contributed by atoms with van der Waals surface area (Å²) in [6, 6.07) is 4.93. The van der Waals surface area contributed by atoms with Crippen LogP contribution in [0, 0.1) is 5.92 Å². The lowest BCUT2D eigenvalue weighted by molar-refractivity contribution is -0.286. The van der Waals surface area contributed by atoms with E-state index in [0.29, 0.717) is 42.2 Å². The van der Waals surface area contributed by atoms with E-state index in [-0.39, 0.29) is 17.6 Å². The maximum Gasteiger partial charge on any atom is 0.586 e. The molecule has 31 heavy (non-hydrogen) atoms. The first kappa shape index (κ1) is 20.2. The molecular formula is C22H25F2N3O4. The smallest absolute Gasteiger partial charge is 0.471 e. The minimum absolute atomic E-state index is 0.00820. The van der Waals surface area contributed by atoms with Crippen molar-refractivity contribution < 1.29 is 27.7 Å². The van der Waals surface area contributed by atoms with Crippen LogP contribution in [0.25, 0.3) is 11.1 Å². The number of hydrogen-bond donors (Lipinski definition) is 1. The second-order valence-electron chi connectivity index (χ2n) is 8.45. The van der Waals surface area contributed by atoms with E-state index in [1.54, 1.807) is 12.3 Å². The van der Waals surface area contributed by atoms with Crippen molar-refractivity contribution in [1.29, 1.82) is 0 Å². The van der Waals surface area contributed by atoms with Crippen molar-refractivity contribution >= 4 is 5.95 Å². The van der Waals surface area contributed by atoms with Gasteiger partial charge in [-0.05, 0) is 49.3 Å². The molecule has 1 saturated carbocycles. The van der Waals surface area contributed by atoms with Gasteiger partial charge in [0.15, 0.2) is 11.5 Å². The van der Waals surface area contributed by atoms with Crippen molar-refractivity contribution in [2.45, 2.75) is 57.5 Å². The zero-order valence-electron chi connectivity index (χ0n) is 17.3. The molecule has 7 nitrogen and oxygen atoms in total. The summed E-state index contributed by atoms with van der Waals surface area (Å²) < 4.78 is 47.4. The van der Waals surface area contributed by atoms with Crippen LogP contribution in [0.5, 0.6) is 17.4 Å². The summed E-state index contributed by atoms with van der Waals surface area (Å²) in [5, 5.41) is 3.42. The summed E-state index contributed by atoms with van der Waals surface area (Å²) in [6.07, 6.45) is 3.16. The van der Waals surface area contributed by atoms with E-state index < -0.39 is 6.29 Å². The fourth-order valence-electron chi connectivity index (χ4n) is 4.19. The predicted octanol–water partition coefficient (Wildman–Crippen LogP) is 4.62. The van der Waals surface area contributed by atoms with Crippen molar-refractivity contribution in [3.05, 3.63) is 24.4 Å². The van der Waals surface area contributed by atoms with E-state index in [4.69, 9.17) is 9.47 Å². The van der Waals surface area contributed by atoms with Crippen LogP contribution in [-0.2, 0) is 4.74 Å². The molecule has 3 aliphatic rings. The first-order valence-electron chi connectivity index (χ1n) is 10.7. The number of fused-ring (bicyclic) bond motifs is 1. The Morgan fingerprint density at radius 2 is 1.90 bits per heavy atom. The van der Waals surface area contributed by atoms with Crippen LogP contribution in [0.15, 0.2) is 24.4 Å². The first-order chi connectivity index (χ1) is 14.9. The largest absolute Gasteiger partial charge is 0.586 e. The topological polar surface area (TPSA) is 74.7 Å². The molecule has 1 saturated heterocycles. The Morgan fingerprint density at radius 1 is 1.10 bits per heavy atom. The normalized spacial score (nSPS) is 26.6. The lowest BCUT2D eigenvalue weighted by Crippen LogP contribution is -2.26. The summed E-state index contributed by atoms with van der Waals surface area (Å²) in [7, 11) is 0. The van der Waals surface area contributed by atoms with Crippen molar-refractivity contribution in [3.63, 3.8) is 0 Å². The van der Waals surface area contributed by atoms with Crippen molar-refractivity contribution in [2.24, 2.45) is 5.92 Å². The SMILES string of the molecule is C[C@H]1CC[C@H](Nc2ncc(-c3ccc4c(c3)OC(F)(F)O4)c(O[C@@H]3CCOC3)n2)CC1. The van der Waals surface area contributed by atoms with Crippen molar-refractivity contribution in [3.8, 4) is 28.5 Å². The molecular weight excluding hydrogens is 408 g/mol. The Morgan fingerprint density at radius 3 is 2.68 bits per heavy atom. The highest BCUT2D eigenvalue weighted by Crippen LogP contribution is 2.44. The number of anilines is 1. The average molecular weight is 433 g/mol. The Hall–Kier alpha value is -2.68. The number of aromatic nitrogens is 2. The van der Waals surface area contributed by atoms with E-state index in [2.05, 4.69) is 31.7 Å². The average Bonchev–Trinajstić information content (AvgIpc) is 3.35. The first-order valence-corrected chi connectivity index (χ1v) is 10.7. The molecule has 2 aliphatic heterocycles. The van der Waals surface area contributed by atoms with Gasteiger partial charge in [-0.1, -0.05) is 13.0 Å². The van der Waals surface area contributed by atoms with E-state index in [1.165, 1.54) is 25.0 Å². The van der Waals surface area contributed by atoms with Crippen LogP contribution < -0.4 is 19.5 Å². The molecule has 1 aromatic carbocycles. The van der Waals surface area contributed by atoms with E-state index in [0.717, 1.165) is 25.2 Å². The Kier molecular flexibility index (Phi) is 5.29. The zero-order chi connectivity index (χ0) is 21.4. The Balaban J connectivity index is 1.42. The standard InChI is InChI=1S/C22H25F2N3O4/c1-13-2-5-15(6-3-13)26-21-25-11-17(20(27-21)29-16-8-9-28-12-16)14-4-7-18-19(10-14)31-22(23,24)30-18/h4,7,10-11,13,15-16H,2-3,5-6,8-9,12H2,1H3,(H,25,26,27)/t13-,15-,16-/m1/s1. The third-order valence-electron chi connectivity index (χ3n) is 5.98. The summed E-state index contributed by atoms with van der Waals surface area (Å²) in [5.74, 6) is 1.61. The van der Waals surface area contributed by atoms with Crippen molar-refractivity contribution in [2.75, 3.05) is 18.5 Å². The maximum absolute atomic E-state index is 13.4. The molecule has 2 fully saturated rings. The van der Waals surface area contributed by atoms with Gasteiger partial charge in [0.1, 0.15) is 6.10 Å². The number of benzene rings is 1. The van der Waals surface area contributed by atoms with Crippen LogP contribution in [0.1, 0.15) is 39.0 Å². The summed E-state index contributed by atoms with van der Waals surface area (Å²) >= 11 is 0. The third kappa shape index (κ3) is 4.51. The molecule has 3 heterocycles. The predicted molar refractivity (Wildman–Crippen MR) is 109 cm³/mol. The summed E-state index contributed by atoms with van der Waals surface area (Å²) in [5.41, 5.74) is 1.20. The van der Waals surface area contributed by atoms with Gasteiger partial charge in [-0.3, -0.25) is 0 Å². The molecule has 0 spiro atoms. The maximum atomic E-state index is 13.4. The Labute approximate surface area is 179 Å². The second kappa shape index (κ2) is 8.11. The number of halogens is 2. The lowest BCUT2D eigenvalue weighted by Gasteiger charge is -2.27. The monoisotopic (exact) mass is 433 g/mol. The van der Waals surface area contributed by atoms with Crippen LogP contribution in [-0.4, -0.2) is 41.6 Å². The molecule has 0 radical (unpaired) electrons. The van der Waals surface area contributed by atoms with Gasteiger partial charge in [0.2, 0.25) is 11.8 Å². The number of alkyl halides is 2. The number of nitrogens with one attached hydrogen (secondary N) is 1. The molecule has 2 aromatic rings. The zero-order valence-corrected chi connectivity index (χ0v) is 17.3. The van der Waals surface area contributed by atoms with Gasteiger partial charge in [-0.25, -0.2) is 4.98 Å². The Bertz CT molecular complexity index is 944. The molecule has 5 rings (SSSR count). The minimum atomic E-state index is -3.66. The second-order valence-corrected chi connectivity index (χ2v) is 8.45. The third-order valence-corrected chi connectivity index (χ3v) is 5.98. The van der Waals surface area contributed by atoms with Gasteiger partial charge in [0, 0.05) is 18.7 Å². The van der Waals surface area contributed by atoms with Gasteiger partial charge < -0.3 is 24.3 Å².